The Kier molecular flexibility index (Phi) is 11.4. The summed E-state index contributed by atoms with van der Waals surface area (Å²) in [6, 6.07) is 4.02. The molecule has 0 aliphatic carbocycles. The minimum Gasteiger partial charge on any atom is -0.467 e. The lowest BCUT2D eigenvalue weighted by molar-refractivity contribution is -0.133. The predicted molar refractivity (Wildman–Crippen MR) is 117 cm³/mol. The van der Waals surface area contributed by atoms with Crippen molar-refractivity contribution in [3.8, 4) is 0 Å². The summed E-state index contributed by atoms with van der Waals surface area (Å²) in [4.78, 5) is 18.6. The first-order chi connectivity index (χ1) is 12.6. The fraction of sp³-hybridized carbons (Fsp3) is 0.684. The fourth-order valence-corrected chi connectivity index (χ4v) is 2.88. The summed E-state index contributed by atoms with van der Waals surface area (Å²) < 4.78 is 10.8. The molecule has 2 N–H and O–H groups in total. The summed E-state index contributed by atoms with van der Waals surface area (Å²) in [6.45, 7) is 10.1. The predicted octanol–water partition coefficient (Wildman–Crippen LogP) is 2.62. The lowest BCUT2D eigenvalue weighted by Gasteiger charge is -2.20. The van der Waals surface area contributed by atoms with E-state index in [0.717, 1.165) is 44.2 Å². The molecule has 7 nitrogen and oxygen atoms in total. The fourth-order valence-electron chi connectivity index (χ4n) is 2.88. The highest BCUT2D eigenvalue weighted by Crippen LogP contribution is 2.12. The summed E-state index contributed by atoms with van der Waals surface area (Å²) >= 11 is 0. The third-order valence-electron chi connectivity index (χ3n) is 4.22. The van der Waals surface area contributed by atoms with Crippen molar-refractivity contribution in [1.29, 1.82) is 0 Å². The summed E-state index contributed by atoms with van der Waals surface area (Å²) in [7, 11) is 0. The van der Waals surface area contributed by atoms with E-state index in [9.17, 15) is 4.79 Å². The Bertz CT molecular complexity index is 563. The van der Waals surface area contributed by atoms with Crippen molar-refractivity contribution >= 4 is 35.8 Å². The van der Waals surface area contributed by atoms with Gasteiger partial charge in [0.2, 0.25) is 5.91 Å². The Balaban J connectivity index is 0.00000364. The van der Waals surface area contributed by atoms with Crippen LogP contribution in [0, 0.1) is 5.92 Å². The highest BCUT2D eigenvalue weighted by atomic mass is 127. The molecular formula is C19H33IN4O3. The summed E-state index contributed by atoms with van der Waals surface area (Å²) in [6.07, 6.45) is 3.45. The van der Waals surface area contributed by atoms with Crippen LogP contribution < -0.4 is 10.6 Å². The van der Waals surface area contributed by atoms with Gasteiger partial charge in [-0.05, 0) is 31.9 Å². The monoisotopic (exact) mass is 492 g/mol. The number of guanidine groups is 1. The minimum atomic E-state index is 0. The molecule has 1 saturated heterocycles. The van der Waals surface area contributed by atoms with E-state index in [1.54, 1.807) is 6.26 Å². The Morgan fingerprint density at radius 3 is 2.96 bits per heavy atom. The standard InChI is InChI=1S/C19H32N4O3.HI/c1-4-20-19(21-9-6-11-25-14-17-7-5-12-26-17)22-16-8-10-23(13-16)18(24)15(2)3;/h5,7,12,15-16H,4,6,8-11,13-14H2,1-3H3,(H2,20,21,22);1H. The maximum absolute atomic E-state index is 12.1. The van der Waals surface area contributed by atoms with Gasteiger partial charge >= 0.3 is 0 Å². The van der Waals surface area contributed by atoms with Crippen molar-refractivity contribution in [1.82, 2.24) is 15.5 Å². The normalized spacial score (nSPS) is 17.1. The molecule has 1 aliphatic heterocycles. The van der Waals surface area contributed by atoms with Crippen molar-refractivity contribution in [2.75, 3.05) is 32.8 Å². The molecule has 8 heteroatoms. The lowest BCUT2D eigenvalue weighted by Crippen LogP contribution is -2.45. The second kappa shape index (κ2) is 13.0. The SMILES string of the molecule is CCNC(=NCCCOCc1ccco1)NC1CCN(C(=O)C(C)C)C1.I. The van der Waals surface area contributed by atoms with Crippen molar-refractivity contribution < 1.29 is 13.9 Å². The third-order valence-corrected chi connectivity index (χ3v) is 4.22. The molecule has 27 heavy (non-hydrogen) atoms. The first kappa shape index (κ1) is 23.7. The molecule has 0 bridgehead atoms. The third kappa shape index (κ3) is 8.50. The van der Waals surface area contributed by atoms with E-state index in [1.807, 2.05) is 37.8 Å². The molecule has 0 saturated carbocycles. The zero-order valence-electron chi connectivity index (χ0n) is 16.6. The first-order valence-corrected chi connectivity index (χ1v) is 9.54. The van der Waals surface area contributed by atoms with Gasteiger partial charge in [-0.25, -0.2) is 0 Å². The minimum absolute atomic E-state index is 0. The molecule has 1 unspecified atom stereocenters. The molecule has 0 spiro atoms. The Hall–Kier alpha value is -1.29. The molecule has 0 radical (unpaired) electrons. The molecule has 1 fully saturated rings. The van der Waals surface area contributed by atoms with E-state index in [-0.39, 0.29) is 41.8 Å². The number of amides is 1. The first-order valence-electron chi connectivity index (χ1n) is 9.54. The van der Waals surface area contributed by atoms with Gasteiger partial charge < -0.3 is 24.7 Å². The van der Waals surface area contributed by atoms with Gasteiger partial charge in [-0.15, -0.1) is 24.0 Å². The van der Waals surface area contributed by atoms with Crippen LogP contribution in [0.4, 0.5) is 0 Å². The van der Waals surface area contributed by atoms with Crippen molar-refractivity contribution in [2.45, 2.75) is 46.3 Å². The maximum atomic E-state index is 12.1. The lowest BCUT2D eigenvalue weighted by atomic mass is 10.2. The zero-order valence-corrected chi connectivity index (χ0v) is 18.9. The molecule has 1 atom stereocenters. The van der Waals surface area contributed by atoms with Crippen LogP contribution in [-0.4, -0.2) is 55.6 Å². The topological polar surface area (TPSA) is 79.1 Å². The van der Waals surface area contributed by atoms with Gasteiger partial charge in [-0.1, -0.05) is 13.8 Å². The molecular weight excluding hydrogens is 459 g/mol. The number of carbonyl (C=O) groups is 1. The second-order valence-electron chi connectivity index (χ2n) is 6.82. The number of halogens is 1. The van der Waals surface area contributed by atoms with E-state index in [0.29, 0.717) is 19.8 Å². The number of rotatable bonds is 9. The molecule has 1 aliphatic rings. The number of hydrogen-bond acceptors (Lipinski definition) is 4. The van der Waals surface area contributed by atoms with Gasteiger partial charge in [-0.2, -0.15) is 0 Å². The van der Waals surface area contributed by atoms with Gasteiger partial charge in [0, 0.05) is 44.7 Å². The van der Waals surface area contributed by atoms with Crippen LogP contribution in [-0.2, 0) is 16.1 Å². The largest absolute Gasteiger partial charge is 0.467 e. The van der Waals surface area contributed by atoms with Gasteiger partial charge in [0.1, 0.15) is 12.4 Å². The Morgan fingerprint density at radius 1 is 1.48 bits per heavy atom. The van der Waals surface area contributed by atoms with E-state index < -0.39 is 0 Å². The zero-order chi connectivity index (χ0) is 18.8. The van der Waals surface area contributed by atoms with Crippen molar-refractivity contribution in [2.24, 2.45) is 10.9 Å². The van der Waals surface area contributed by atoms with E-state index in [2.05, 4.69) is 15.6 Å². The van der Waals surface area contributed by atoms with Gasteiger partial charge in [0.05, 0.1) is 6.26 Å². The number of nitrogens with one attached hydrogen (secondary N) is 2. The number of aliphatic imine (C=N–C) groups is 1. The van der Waals surface area contributed by atoms with Crippen molar-refractivity contribution in [3.63, 3.8) is 0 Å². The molecule has 154 valence electrons. The van der Waals surface area contributed by atoms with Crippen LogP contribution in [0.15, 0.2) is 27.8 Å². The molecule has 2 heterocycles. The average molecular weight is 492 g/mol. The van der Waals surface area contributed by atoms with Crippen LogP contribution >= 0.6 is 24.0 Å². The van der Waals surface area contributed by atoms with Crippen LogP contribution in [0.3, 0.4) is 0 Å². The van der Waals surface area contributed by atoms with E-state index in [1.165, 1.54) is 0 Å². The summed E-state index contributed by atoms with van der Waals surface area (Å²) in [5.74, 6) is 1.93. The number of hydrogen-bond donors (Lipinski definition) is 2. The highest BCUT2D eigenvalue weighted by molar-refractivity contribution is 14.0. The van der Waals surface area contributed by atoms with Crippen LogP contribution in [0.25, 0.3) is 0 Å². The number of furan rings is 1. The summed E-state index contributed by atoms with van der Waals surface area (Å²) in [5, 5.41) is 6.71. The van der Waals surface area contributed by atoms with E-state index >= 15 is 0 Å². The average Bonchev–Trinajstić information content (AvgIpc) is 3.29. The Morgan fingerprint density at radius 2 is 2.30 bits per heavy atom. The number of likely N-dealkylation sites (tertiary alicyclic amines) is 1. The maximum Gasteiger partial charge on any atom is 0.225 e. The van der Waals surface area contributed by atoms with Crippen molar-refractivity contribution in [3.05, 3.63) is 24.2 Å². The quantitative estimate of drug-likeness (QED) is 0.240. The van der Waals surface area contributed by atoms with Gasteiger partial charge in [-0.3, -0.25) is 9.79 Å². The number of carbonyl (C=O) groups excluding carboxylic acids is 1. The van der Waals surface area contributed by atoms with E-state index in [4.69, 9.17) is 9.15 Å². The molecule has 0 aromatic carbocycles. The van der Waals surface area contributed by atoms with Crippen LogP contribution in [0.2, 0.25) is 0 Å². The van der Waals surface area contributed by atoms with Gasteiger partial charge in [0.15, 0.2) is 5.96 Å². The summed E-state index contributed by atoms with van der Waals surface area (Å²) in [5.41, 5.74) is 0. The highest BCUT2D eigenvalue weighted by Gasteiger charge is 2.27. The molecule has 1 aromatic rings. The smallest absolute Gasteiger partial charge is 0.225 e. The molecule has 2 rings (SSSR count). The second-order valence-corrected chi connectivity index (χ2v) is 6.82. The van der Waals surface area contributed by atoms with Gasteiger partial charge in [0.25, 0.3) is 0 Å². The van der Waals surface area contributed by atoms with Crippen LogP contribution in [0.1, 0.15) is 39.4 Å². The number of ether oxygens (including phenoxy) is 1. The Labute approximate surface area is 179 Å². The van der Waals surface area contributed by atoms with Crippen LogP contribution in [0.5, 0.6) is 0 Å². The molecule has 1 amide bonds. The number of nitrogens with zero attached hydrogens (tertiary/aromatic N) is 2. The molecule has 1 aromatic heterocycles.